The molecule has 0 N–H and O–H groups in total. The van der Waals surface area contributed by atoms with E-state index >= 15 is 0 Å². The third kappa shape index (κ3) is 3.99. The van der Waals surface area contributed by atoms with Crippen LogP contribution in [0, 0.1) is 18.8 Å². The van der Waals surface area contributed by atoms with E-state index in [0.29, 0.717) is 11.8 Å². The van der Waals surface area contributed by atoms with Crippen LogP contribution in [-0.2, 0) is 0 Å². The van der Waals surface area contributed by atoms with Crippen molar-refractivity contribution >= 4 is 27.5 Å². The lowest BCUT2D eigenvalue weighted by Gasteiger charge is -2.19. The summed E-state index contributed by atoms with van der Waals surface area (Å²) >= 11 is 9.46. The molecule has 1 nitrogen and oxygen atoms in total. The lowest BCUT2D eigenvalue weighted by Crippen LogP contribution is -2.19. The summed E-state index contributed by atoms with van der Waals surface area (Å²) in [5, 5.41) is 1.69. The standard InChI is InChI=1S/C13H18BrClO/c1-9(2)11(7-14)8-16-13-6-12(15)5-4-10(13)3/h4-6,9,11H,7-8H2,1-3H3. The van der Waals surface area contributed by atoms with Crippen molar-refractivity contribution in [3.05, 3.63) is 28.8 Å². The van der Waals surface area contributed by atoms with Gasteiger partial charge in [0.25, 0.3) is 0 Å². The molecule has 0 aromatic heterocycles. The molecule has 0 saturated heterocycles. The van der Waals surface area contributed by atoms with Gasteiger partial charge < -0.3 is 4.74 Å². The topological polar surface area (TPSA) is 9.23 Å². The largest absolute Gasteiger partial charge is 0.493 e. The van der Waals surface area contributed by atoms with Gasteiger partial charge >= 0.3 is 0 Å². The van der Waals surface area contributed by atoms with Crippen molar-refractivity contribution in [1.82, 2.24) is 0 Å². The van der Waals surface area contributed by atoms with Gasteiger partial charge in [0.1, 0.15) is 5.75 Å². The smallest absolute Gasteiger partial charge is 0.123 e. The second-order valence-corrected chi connectivity index (χ2v) is 5.46. The zero-order chi connectivity index (χ0) is 12.1. The van der Waals surface area contributed by atoms with Gasteiger partial charge in [0.2, 0.25) is 0 Å². The van der Waals surface area contributed by atoms with Gasteiger partial charge in [0.05, 0.1) is 6.61 Å². The minimum Gasteiger partial charge on any atom is -0.493 e. The predicted molar refractivity (Wildman–Crippen MR) is 73.8 cm³/mol. The molecular weight excluding hydrogens is 287 g/mol. The fourth-order valence-corrected chi connectivity index (χ4v) is 2.44. The molecule has 0 saturated carbocycles. The molecule has 0 aliphatic rings. The first-order valence-corrected chi connectivity index (χ1v) is 6.99. The Bertz CT molecular complexity index is 339. The average Bonchev–Trinajstić information content (AvgIpc) is 2.23. The summed E-state index contributed by atoms with van der Waals surface area (Å²) in [6, 6.07) is 5.74. The molecule has 0 spiro atoms. The van der Waals surface area contributed by atoms with Crippen LogP contribution in [0.25, 0.3) is 0 Å². The first kappa shape index (κ1) is 13.9. The third-order valence-electron chi connectivity index (χ3n) is 2.74. The second kappa shape index (κ2) is 6.51. The van der Waals surface area contributed by atoms with Crippen LogP contribution in [0.3, 0.4) is 0 Å². The second-order valence-electron chi connectivity index (χ2n) is 4.38. The highest BCUT2D eigenvalue weighted by atomic mass is 79.9. The molecule has 0 bridgehead atoms. The maximum atomic E-state index is 5.94. The van der Waals surface area contributed by atoms with Crippen LogP contribution in [0.5, 0.6) is 5.75 Å². The normalized spacial score (nSPS) is 12.9. The van der Waals surface area contributed by atoms with Crippen LogP contribution < -0.4 is 4.74 Å². The number of aryl methyl sites for hydroxylation is 1. The van der Waals surface area contributed by atoms with Gasteiger partial charge in [0.15, 0.2) is 0 Å². The van der Waals surface area contributed by atoms with Gasteiger partial charge in [-0.15, -0.1) is 0 Å². The van der Waals surface area contributed by atoms with Gasteiger partial charge in [-0.25, -0.2) is 0 Å². The summed E-state index contributed by atoms with van der Waals surface area (Å²) in [6.07, 6.45) is 0. The monoisotopic (exact) mass is 304 g/mol. The van der Waals surface area contributed by atoms with E-state index in [4.69, 9.17) is 16.3 Å². The molecule has 0 radical (unpaired) electrons. The van der Waals surface area contributed by atoms with Crippen molar-refractivity contribution in [3.63, 3.8) is 0 Å². The molecule has 0 fully saturated rings. The molecule has 0 amide bonds. The van der Waals surface area contributed by atoms with Gasteiger partial charge in [-0.3, -0.25) is 0 Å². The Morgan fingerprint density at radius 1 is 1.38 bits per heavy atom. The molecule has 1 rings (SSSR count). The zero-order valence-corrected chi connectivity index (χ0v) is 12.3. The number of halogens is 2. The highest BCUT2D eigenvalue weighted by molar-refractivity contribution is 9.09. The lowest BCUT2D eigenvalue weighted by atomic mass is 9.99. The van der Waals surface area contributed by atoms with Gasteiger partial charge in [-0.05, 0) is 30.5 Å². The van der Waals surface area contributed by atoms with E-state index in [-0.39, 0.29) is 0 Å². The predicted octanol–water partition coefficient (Wildman–Crippen LogP) is 4.69. The van der Waals surface area contributed by atoms with E-state index in [9.17, 15) is 0 Å². The molecule has 1 aromatic carbocycles. The molecule has 1 aromatic rings. The van der Waals surface area contributed by atoms with Crippen LogP contribution in [0.15, 0.2) is 18.2 Å². The van der Waals surface area contributed by atoms with E-state index in [1.54, 1.807) is 0 Å². The molecule has 1 atom stereocenters. The highest BCUT2D eigenvalue weighted by Gasteiger charge is 2.13. The van der Waals surface area contributed by atoms with Crippen LogP contribution in [0.2, 0.25) is 5.02 Å². The SMILES string of the molecule is Cc1ccc(Cl)cc1OCC(CBr)C(C)C. The van der Waals surface area contributed by atoms with Crippen molar-refractivity contribution in [2.24, 2.45) is 11.8 Å². The van der Waals surface area contributed by atoms with Crippen molar-refractivity contribution < 1.29 is 4.74 Å². The van der Waals surface area contributed by atoms with Gasteiger partial charge in [0, 0.05) is 16.3 Å². The van der Waals surface area contributed by atoms with Crippen LogP contribution >= 0.6 is 27.5 Å². The number of alkyl halides is 1. The molecule has 90 valence electrons. The summed E-state index contributed by atoms with van der Waals surface area (Å²) in [5.74, 6) is 2.02. The molecule has 16 heavy (non-hydrogen) atoms. The van der Waals surface area contributed by atoms with E-state index in [0.717, 1.165) is 28.3 Å². The highest BCUT2D eigenvalue weighted by Crippen LogP contribution is 2.24. The molecule has 0 aliphatic heterocycles. The Kier molecular flexibility index (Phi) is 5.63. The van der Waals surface area contributed by atoms with E-state index < -0.39 is 0 Å². The van der Waals surface area contributed by atoms with Crippen molar-refractivity contribution in [2.45, 2.75) is 20.8 Å². The number of hydrogen-bond acceptors (Lipinski definition) is 1. The summed E-state index contributed by atoms with van der Waals surface area (Å²) in [4.78, 5) is 0. The van der Waals surface area contributed by atoms with Gasteiger partial charge in [-0.2, -0.15) is 0 Å². The number of benzene rings is 1. The summed E-state index contributed by atoms with van der Waals surface area (Å²) < 4.78 is 5.82. The molecule has 3 heteroatoms. The Morgan fingerprint density at radius 3 is 2.62 bits per heavy atom. The number of ether oxygens (including phenoxy) is 1. The third-order valence-corrected chi connectivity index (χ3v) is 3.81. The Balaban J connectivity index is 2.63. The fraction of sp³-hybridized carbons (Fsp3) is 0.538. The molecule has 0 aliphatic carbocycles. The quantitative estimate of drug-likeness (QED) is 0.717. The average molecular weight is 306 g/mol. The molecule has 1 unspecified atom stereocenters. The van der Waals surface area contributed by atoms with E-state index in [1.807, 2.05) is 25.1 Å². The fourth-order valence-electron chi connectivity index (χ4n) is 1.34. The molecular formula is C13H18BrClO. The first-order valence-electron chi connectivity index (χ1n) is 5.49. The number of hydrogen-bond donors (Lipinski definition) is 0. The van der Waals surface area contributed by atoms with Crippen LogP contribution in [0.1, 0.15) is 19.4 Å². The summed E-state index contributed by atoms with van der Waals surface area (Å²) in [5.41, 5.74) is 1.13. The van der Waals surface area contributed by atoms with Crippen molar-refractivity contribution in [3.8, 4) is 5.75 Å². The van der Waals surface area contributed by atoms with E-state index in [1.165, 1.54) is 0 Å². The minimum absolute atomic E-state index is 0.526. The number of rotatable bonds is 5. The van der Waals surface area contributed by atoms with Crippen LogP contribution in [-0.4, -0.2) is 11.9 Å². The maximum absolute atomic E-state index is 5.94. The van der Waals surface area contributed by atoms with Crippen molar-refractivity contribution in [2.75, 3.05) is 11.9 Å². The lowest BCUT2D eigenvalue weighted by molar-refractivity contribution is 0.226. The summed E-state index contributed by atoms with van der Waals surface area (Å²) in [7, 11) is 0. The first-order chi connectivity index (χ1) is 7.54. The Morgan fingerprint density at radius 2 is 2.06 bits per heavy atom. The van der Waals surface area contributed by atoms with Gasteiger partial charge in [-0.1, -0.05) is 47.4 Å². The Hall–Kier alpha value is -0.210. The minimum atomic E-state index is 0.526. The molecule has 0 heterocycles. The zero-order valence-electron chi connectivity index (χ0n) is 9.97. The van der Waals surface area contributed by atoms with Crippen molar-refractivity contribution in [1.29, 1.82) is 0 Å². The maximum Gasteiger partial charge on any atom is 0.123 e. The Labute approximate surface area is 111 Å². The van der Waals surface area contributed by atoms with Crippen LogP contribution in [0.4, 0.5) is 0 Å². The van der Waals surface area contributed by atoms with E-state index in [2.05, 4.69) is 29.8 Å². The summed E-state index contributed by atoms with van der Waals surface area (Å²) in [6.45, 7) is 7.18.